The monoisotopic (exact) mass is 211 g/mol. The van der Waals surface area contributed by atoms with Crippen LogP contribution >= 0.6 is 0 Å². The number of rotatable bonds is 4. The summed E-state index contributed by atoms with van der Waals surface area (Å²) >= 11 is 0. The van der Waals surface area contributed by atoms with Crippen molar-refractivity contribution in [2.45, 2.75) is 45.9 Å². The van der Waals surface area contributed by atoms with Crippen molar-refractivity contribution in [2.24, 2.45) is 7.05 Å². The molecule has 0 aliphatic heterocycles. The molecule has 1 atom stereocenters. The second-order valence-corrected chi connectivity index (χ2v) is 4.65. The molecule has 4 nitrogen and oxygen atoms in total. The highest BCUT2D eigenvalue weighted by molar-refractivity contribution is 5.08. The van der Waals surface area contributed by atoms with Crippen molar-refractivity contribution >= 4 is 0 Å². The van der Waals surface area contributed by atoms with Crippen LogP contribution in [0.25, 0.3) is 0 Å². The number of aliphatic hydroxyl groups is 1. The van der Waals surface area contributed by atoms with E-state index in [0.29, 0.717) is 0 Å². The topological polar surface area (TPSA) is 50.1 Å². The Morgan fingerprint density at radius 3 is 2.60 bits per heavy atom. The summed E-state index contributed by atoms with van der Waals surface area (Å²) in [7, 11) is 1.93. The molecule has 4 heteroatoms. The van der Waals surface area contributed by atoms with Crippen LogP contribution in [0.3, 0.4) is 0 Å². The Morgan fingerprint density at radius 2 is 2.20 bits per heavy atom. The first kappa shape index (κ1) is 12.2. The molecule has 1 unspecified atom stereocenters. The quantitative estimate of drug-likeness (QED) is 0.780. The highest BCUT2D eigenvalue weighted by atomic mass is 16.3. The zero-order chi connectivity index (χ0) is 11.6. The molecule has 0 radical (unpaired) electrons. The van der Waals surface area contributed by atoms with Gasteiger partial charge in [-0.25, -0.2) is 0 Å². The second-order valence-electron chi connectivity index (χ2n) is 4.65. The lowest BCUT2D eigenvalue weighted by molar-refractivity contribution is 0.0952. The molecule has 15 heavy (non-hydrogen) atoms. The van der Waals surface area contributed by atoms with E-state index < -0.39 is 0 Å². The van der Waals surface area contributed by atoms with Crippen LogP contribution in [-0.4, -0.2) is 26.5 Å². The van der Waals surface area contributed by atoms with E-state index in [9.17, 15) is 5.11 Å². The second kappa shape index (κ2) is 4.33. The molecule has 1 aromatic rings. The summed E-state index contributed by atoms with van der Waals surface area (Å²) in [5.41, 5.74) is 1.86. The number of aliphatic hydroxyl groups excluding tert-OH is 1. The highest BCUT2D eigenvalue weighted by Gasteiger charge is 2.23. The summed E-state index contributed by atoms with van der Waals surface area (Å²) in [5, 5.41) is 17.1. The Labute approximate surface area is 91.3 Å². The van der Waals surface area contributed by atoms with Gasteiger partial charge in [-0.15, -0.1) is 0 Å². The lowest BCUT2D eigenvalue weighted by atomic mass is 9.99. The molecule has 1 aromatic heterocycles. The van der Waals surface area contributed by atoms with Gasteiger partial charge in [0.25, 0.3) is 0 Å². The lowest BCUT2D eigenvalue weighted by Crippen LogP contribution is -2.47. The van der Waals surface area contributed by atoms with Crippen molar-refractivity contribution in [2.75, 3.05) is 0 Å². The summed E-state index contributed by atoms with van der Waals surface area (Å²) in [4.78, 5) is 0. The van der Waals surface area contributed by atoms with Gasteiger partial charge in [0.2, 0.25) is 0 Å². The van der Waals surface area contributed by atoms with Gasteiger partial charge < -0.3 is 10.4 Å². The minimum absolute atomic E-state index is 0.280. The zero-order valence-electron chi connectivity index (χ0n) is 10.2. The summed E-state index contributed by atoms with van der Waals surface area (Å²) in [6.07, 6.45) is -0.383. The van der Waals surface area contributed by atoms with E-state index in [1.807, 2.05) is 38.6 Å². The Balaban J connectivity index is 2.61. The number of aryl methyl sites for hydroxylation is 2. The van der Waals surface area contributed by atoms with Crippen molar-refractivity contribution in [3.63, 3.8) is 0 Å². The lowest BCUT2D eigenvalue weighted by Gasteiger charge is -2.29. The zero-order valence-corrected chi connectivity index (χ0v) is 10.2. The maximum Gasteiger partial charge on any atom is 0.0688 e. The van der Waals surface area contributed by atoms with Gasteiger partial charge in [0.15, 0.2) is 0 Å². The first-order chi connectivity index (χ1) is 6.83. The molecule has 0 amide bonds. The van der Waals surface area contributed by atoms with Gasteiger partial charge in [0, 0.05) is 19.1 Å². The van der Waals surface area contributed by atoms with Gasteiger partial charge in [-0.05, 0) is 33.8 Å². The van der Waals surface area contributed by atoms with Crippen molar-refractivity contribution in [3.8, 4) is 0 Å². The van der Waals surface area contributed by atoms with Gasteiger partial charge in [-0.2, -0.15) is 5.10 Å². The molecule has 0 saturated heterocycles. The summed E-state index contributed by atoms with van der Waals surface area (Å²) < 4.78 is 1.86. The number of nitrogens with zero attached hydrogens (tertiary/aromatic N) is 2. The Morgan fingerprint density at radius 1 is 1.60 bits per heavy atom. The van der Waals surface area contributed by atoms with E-state index in [0.717, 1.165) is 17.9 Å². The molecule has 0 bridgehead atoms. The van der Waals surface area contributed by atoms with Crippen LogP contribution in [0, 0.1) is 6.92 Å². The normalized spacial score (nSPS) is 14.3. The third-order valence-electron chi connectivity index (χ3n) is 2.87. The van der Waals surface area contributed by atoms with Gasteiger partial charge in [0.05, 0.1) is 17.5 Å². The SMILES string of the molecule is Cc1cc(CNC(C)(C)C(C)O)n(C)n1. The Kier molecular flexibility index (Phi) is 3.52. The van der Waals surface area contributed by atoms with Gasteiger partial charge >= 0.3 is 0 Å². The predicted molar refractivity (Wildman–Crippen MR) is 60.5 cm³/mol. The average molecular weight is 211 g/mol. The van der Waals surface area contributed by atoms with Crippen molar-refractivity contribution < 1.29 is 5.11 Å². The fraction of sp³-hybridized carbons (Fsp3) is 0.727. The predicted octanol–water partition coefficient (Wildman–Crippen LogP) is 0.978. The van der Waals surface area contributed by atoms with E-state index in [-0.39, 0.29) is 11.6 Å². The molecular formula is C11H21N3O. The Bertz CT molecular complexity index is 329. The van der Waals surface area contributed by atoms with Gasteiger partial charge in [0.1, 0.15) is 0 Å². The maximum atomic E-state index is 9.55. The van der Waals surface area contributed by atoms with Crippen molar-refractivity contribution in [1.82, 2.24) is 15.1 Å². The fourth-order valence-corrected chi connectivity index (χ4v) is 1.30. The van der Waals surface area contributed by atoms with E-state index in [4.69, 9.17) is 0 Å². The first-order valence-electron chi connectivity index (χ1n) is 5.25. The third-order valence-corrected chi connectivity index (χ3v) is 2.87. The van der Waals surface area contributed by atoms with E-state index in [1.165, 1.54) is 0 Å². The number of aromatic nitrogens is 2. The molecular weight excluding hydrogens is 190 g/mol. The standard InChI is InChI=1S/C11H21N3O/c1-8-6-10(14(5)13-8)7-12-11(3,4)9(2)15/h6,9,12,15H,7H2,1-5H3. The highest BCUT2D eigenvalue weighted by Crippen LogP contribution is 2.10. The molecule has 0 aliphatic carbocycles. The molecule has 0 saturated carbocycles. The summed E-state index contributed by atoms with van der Waals surface area (Å²) in [6, 6.07) is 2.05. The molecule has 0 fully saturated rings. The minimum atomic E-state index is -0.383. The fourth-order valence-electron chi connectivity index (χ4n) is 1.30. The molecule has 2 N–H and O–H groups in total. The maximum absolute atomic E-state index is 9.55. The van der Waals surface area contributed by atoms with Gasteiger partial charge in [-0.3, -0.25) is 4.68 Å². The largest absolute Gasteiger partial charge is 0.392 e. The summed E-state index contributed by atoms with van der Waals surface area (Å²) in [5.74, 6) is 0. The van der Waals surface area contributed by atoms with Crippen LogP contribution in [0.4, 0.5) is 0 Å². The van der Waals surface area contributed by atoms with Crippen LogP contribution in [0.2, 0.25) is 0 Å². The number of hydrogen-bond donors (Lipinski definition) is 2. The average Bonchev–Trinajstić information content (AvgIpc) is 2.41. The van der Waals surface area contributed by atoms with Crippen LogP contribution in [0.5, 0.6) is 0 Å². The minimum Gasteiger partial charge on any atom is -0.392 e. The third kappa shape index (κ3) is 3.04. The van der Waals surface area contributed by atoms with E-state index in [1.54, 1.807) is 6.92 Å². The number of hydrogen-bond acceptors (Lipinski definition) is 3. The van der Waals surface area contributed by atoms with Crippen LogP contribution in [0.15, 0.2) is 6.07 Å². The molecule has 0 aromatic carbocycles. The molecule has 1 rings (SSSR count). The number of nitrogens with one attached hydrogen (secondary N) is 1. The van der Waals surface area contributed by atoms with Crippen LogP contribution in [-0.2, 0) is 13.6 Å². The molecule has 86 valence electrons. The van der Waals surface area contributed by atoms with Gasteiger partial charge in [-0.1, -0.05) is 0 Å². The Hall–Kier alpha value is -0.870. The first-order valence-corrected chi connectivity index (χ1v) is 5.25. The molecule has 1 heterocycles. The summed E-state index contributed by atoms with van der Waals surface area (Å²) in [6.45, 7) is 8.46. The molecule has 0 aliphatic rings. The van der Waals surface area contributed by atoms with Crippen LogP contribution < -0.4 is 5.32 Å². The smallest absolute Gasteiger partial charge is 0.0688 e. The van der Waals surface area contributed by atoms with Crippen molar-refractivity contribution in [3.05, 3.63) is 17.5 Å². The van der Waals surface area contributed by atoms with Crippen LogP contribution in [0.1, 0.15) is 32.2 Å². The van der Waals surface area contributed by atoms with Crippen molar-refractivity contribution in [1.29, 1.82) is 0 Å². The van der Waals surface area contributed by atoms with E-state index >= 15 is 0 Å². The molecule has 0 spiro atoms. The van der Waals surface area contributed by atoms with E-state index in [2.05, 4.69) is 10.4 Å².